The van der Waals surface area contributed by atoms with Crippen LogP contribution in [0.2, 0.25) is 0 Å². The van der Waals surface area contributed by atoms with Gasteiger partial charge in [-0.05, 0) is 18.8 Å². The molecule has 0 atom stereocenters. The van der Waals surface area contributed by atoms with E-state index in [1.54, 1.807) is 11.8 Å². The Labute approximate surface area is 127 Å². The van der Waals surface area contributed by atoms with E-state index in [9.17, 15) is 4.79 Å². The van der Waals surface area contributed by atoms with Crippen molar-refractivity contribution in [3.8, 4) is 0 Å². The standard InChI is InChI=1S/C16H27N3O2/c1-18-12-15(11-17-18)13-19(8-9-21-2)16(20)10-14-6-4-3-5-7-14/h11-12,14H,3-10,13H2,1-2H3. The number of carbonyl (C=O) groups excluding carboxylic acids is 1. The van der Waals surface area contributed by atoms with Crippen LogP contribution < -0.4 is 0 Å². The van der Waals surface area contributed by atoms with Crippen LogP contribution in [0.15, 0.2) is 12.4 Å². The minimum absolute atomic E-state index is 0.253. The minimum atomic E-state index is 0.253. The molecule has 0 aromatic carbocycles. The van der Waals surface area contributed by atoms with Crippen molar-refractivity contribution in [1.29, 1.82) is 0 Å². The fraction of sp³-hybridized carbons (Fsp3) is 0.750. The Kier molecular flexibility index (Phi) is 6.23. The van der Waals surface area contributed by atoms with Gasteiger partial charge in [0.15, 0.2) is 0 Å². The highest BCUT2D eigenvalue weighted by atomic mass is 16.5. The summed E-state index contributed by atoms with van der Waals surface area (Å²) in [4.78, 5) is 14.5. The van der Waals surface area contributed by atoms with Crippen LogP contribution in [-0.4, -0.2) is 40.8 Å². The summed E-state index contributed by atoms with van der Waals surface area (Å²) in [6, 6.07) is 0. The summed E-state index contributed by atoms with van der Waals surface area (Å²) in [5, 5.41) is 4.17. The first kappa shape index (κ1) is 16.0. The lowest BCUT2D eigenvalue weighted by atomic mass is 9.86. The molecular weight excluding hydrogens is 266 g/mol. The van der Waals surface area contributed by atoms with Gasteiger partial charge in [-0.25, -0.2) is 0 Å². The van der Waals surface area contributed by atoms with Gasteiger partial charge in [0.25, 0.3) is 0 Å². The second-order valence-corrected chi connectivity index (χ2v) is 6.04. The third kappa shape index (κ3) is 5.16. The van der Waals surface area contributed by atoms with Crippen molar-refractivity contribution >= 4 is 5.91 Å². The number of methoxy groups -OCH3 is 1. The van der Waals surface area contributed by atoms with Crippen LogP contribution in [0.1, 0.15) is 44.1 Å². The summed E-state index contributed by atoms with van der Waals surface area (Å²) in [6.07, 6.45) is 10.8. The molecule has 1 amide bonds. The monoisotopic (exact) mass is 293 g/mol. The molecule has 21 heavy (non-hydrogen) atoms. The summed E-state index contributed by atoms with van der Waals surface area (Å²) in [5.41, 5.74) is 1.07. The highest BCUT2D eigenvalue weighted by Crippen LogP contribution is 2.27. The third-order valence-electron chi connectivity index (χ3n) is 4.24. The van der Waals surface area contributed by atoms with Crippen molar-refractivity contribution in [3.05, 3.63) is 18.0 Å². The van der Waals surface area contributed by atoms with E-state index in [0.717, 1.165) is 5.56 Å². The van der Waals surface area contributed by atoms with Gasteiger partial charge in [0.2, 0.25) is 5.91 Å². The van der Waals surface area contributed by atoms with Gasteiger partial charge in [0.1, 0.15) is 0 Å². The zero-order valence-electron chi connectivity index (χ0n) is 13.3. The van der Waals surface area contributed by atoms with E-state index < -0.39 is 0 Å². The Balaban J connectivity index is 1.91. The molecule has 1 fully saturated rings. The summed E-state index contributed by atoms with van der Waals surface area (Å²) >= 11 is 0. The van der Waals surface area contributed by atoms with E-state index in [0.29, 0.717) is 32.0 Å². The van der Waals surface area contributed by atoms with Gasteiger partial charge in [-0.3, -0.25) is 9.48 Å². The molecule has 1 aromatic heterocycles. The van der Waals surface area contributed by atoms with Crippen LogP contribution in [0.25, 0.3) is 0 Å². The lowest BCUT2D eigenvalue weighted by molar-refractivity contribution is -0.133. The molecule has 1 heterocycles. The number of aromatic nitrogens is 2. The summed E-state index contributed by atoms with van der Waals surface area (Å²) < 4.78 is 6.91. The molecule has 0 unspecified atom stereocenters. The quantitative estimate of drug-likeness (QED) is 0.775. The van der Waals surface area contributed by atoms with Crippen molar-refractivity contribution in [3.63, 3.8) is 0 Å². The number of carbonyl (C=O) groups is 1. The van der Waals surface area contributed by atoms with Gasteiger partial charge in [0.05, 0.1) is 12.8 Å². The highest BCUT2D eigenvalue weighted by Gasteiger charge is 2.21. The molecule has 0 spiro atoms. The number of nitrogens with zero attached hydrogens (tertiary/aromatic N) is 3. The topological polar surface area (TPSA) is 47.4 Å². The van der Waals surface area contributed by atoms with Crippen molar-refractivity contribution in [2.45, 2.75) is 45.1 Å². The van der Waals surface area contributed by atoms with E-state index in [1.165, 1.54) is 32.1 Å². The second kappa shape index (κ2) is 8.17. The predicted octanol–water partition coefficient (Wildman–Crippen LogP) is 2.37. The predicted molar refractivity (Wildman–Crippen MR) is 81.7 cm³/mol. The maximum absolute atomic E-state index is 12.6. The minimum Gasteiger partial charge on any atom is -0.383 e. The molecule has 1 aromatic rings. The molecule has 1 aliphatic rings. The normalized spacial score (nSPS) is 16.1. The van der Waals surface area contributed by atoms with Crippen LogP contribution in [-0.2, 0) is 23.1 Å². The van der Waals surface area contributed by atoms with Crippen molar-refractivity contribution in [2.75, 3.05) is 20.3 Å². The Hall–Kier alpha value is -1.36. The van der Waals surface area contributed by atoms with Gasteiger partial charge in [-0.2, -0.15) is 5.10 Å². The first-order valence-electron chi connectivity index (χ1n) is 7.93. The van der Waals surface area contributed by atoms with E-state index in [-0.39, 0.29) is 5.91 Å². The van der Waals surface area contributed by atoms with Crippen LogP contribution in [0.5, 0.6) is 0 Å². The number of hydrogen-bond acceptors (Lipinski definition) is 3. The Bertz CT molecular complexity index is 438. The lowest BCUT2D eigenvalue weighted by Gasteiger charge is -2.26. The van der Waals surface area contributed by atoms with Crippen molar-refractivity contribution in [2.24, 2.45) is 13.0 Å². The number of ether oxygens (including phenoxy) is 1. The fourth-order valence-electron chi connectivity index (χ4n) is 3.03. The molecule has 5 heteroatoms. The molecule has 0 N–H and O–H groups in total. The Morgan fingerprint density at radius 1 is 1.43 bits per heavy atom. The molecule has 2 rings (SSSR count). The van der Waals surface area contributed by atoms with Gasteiger partial charge >= 0.3 is 0 Å². The van der Waals surface area contributed by atoms with Crippen molar-refractivity contribution < 1.29 is 9.53 Å². The summed E-state index contributed by atoms with van der Waals surface area (Å²) in [5.74, 6) is 0.827. The first-order valence-corrected chi connectivity index (χ1v) is 7.93. The Morgan fingerprint density at radius 2 is 2.19 bits per heavy atom. The van der Waals surface area contributed by atoms with Crippen LogP contribution >= 0.6 is 0 Å². The largest absolute Gasteiger partial charge is 0.383 e. The van der Waals surface area contributed by atoms with Crippen LogP contribution in [0.4, 0.5) is 0 Å². The molecule has 1 saturated carbocycles. The lowest BCUT2D eigenvalue weighted by Crippen LogP contribution is -2.34. The maximum Gasteiger partial charge on any atom is 0.223 e. The summed E-state index contributed by atoms with van der Waals surface area (Å²) in [7, 11) is 3.57. The van der Waals surface area contributed by atoms with Gasteiger partial charge in [-0.1, -0.05) is 19.3 Å². The zero-order chi connectivity index (χ0) is 15.1. The molecule has 0 bridgehead atoms. The maximum atomic E-state index is 12.6. The van der Waals surface area contributed by atoms with E-state index in [4.69, 9.17) is 4.74 Å². The van der Waals surface area contributed by atoms with Crippen molar-refractivity contribution in [1.82, 2.24) is 14.7 Å². The number of hydrogen-bond donors (Lipinski definition) is 0. The molecule has 118 valence electrons. The number of aryl methyl sites for hydroxylation is 1. The third-order valence-corrected chi connectivity index (χ3v) is 4.24. The van der Waals surface area contributed by atoms with E-state index >= 15 is 0 Å². The average molecular weight is 293 g/mol. The average Bonchev–Trinajstić information content (AvgIpc) is 2.89. The van der Waals surface area contributed by atoms with E-state index in [1.807, 2.05) is 24.3 Å². The highest BCUT2D eigenvalue weighted by molar-refractivity contribution is 5.76. The fourth-order valence-corrected chi connectivity index (χ4v) is 3.03. The molecule has 1 aliphatic carbocycles. The second-order valence-electron chi connectivity index (χ2n) is 6.04. The SMILES string of the molecule is COCCN(Cc1cnn(C)c1)C(=O)CC1CCCCC1. The van der Waals surface area contributed by atoms with E-state index in [2.05, 4.69) is 5.10 Å². The Morgan fingerprint density at radius 3 is 2.81 bits per heavy atom. The molecule has 0 radical (unpaired) electrons. The van der Waals surface area contributed by atoms with Crippen LogP contribution in [0, 0.1) is 5.92 Å². The number of amides is 1. The van der Waals surface area contributed by atoms with Gasteiger partial charge in [0, 0.05) is 45.4 Å². The number of rotatable bonds is 7. The van der Waals surface area contributed by atoms with Crippen LogP contribution in [0.3, 0.4) is 0 Å². The molecule has 0 saturated heterocycles. The first-order chi connectivity index (χ1) is 10.2. The smallest absolute Gasteiger partial charge is 0.223 e. The molecule has 0 aliphatic heterocycles. The molecule has 5 nitrogen and oxygen atoms in total. The summed E-state index contributed by atoms with van der Waals surface area (Å²) in [6.45, 7) is 1.86. The molecular formula is C16H27N3O2. The van der Waals surface area contributed by atoms with Gasteiger partial charge in [-0.15, -0.1) is 0 Å². The van der Waals surface area contributed by atoms with Gasteiger partial charge < -0.3 is 9.64 Å². The zero-order valence-corrected chi connectivity index (χ0v) is 13.3.